The number of aliphatic hydroxyl groups excluding tert-OH is 3. The van der Waals surface area contributed by atoms with Gasteiger partial charge in [0, 0.05) is 6.42 Å². The van der Waals surface area contributed by atoms with Crippen molar-refractivity contribution in [3.05, 3.63) is 35.5 Å². The van der Waals surface area contributed by atoms with E-state index in [9.17, 15) is 20.4 Å². The maximum Gasteiger partial charge on any atom is 0.0811 e. The molecule has 0 saturated heterocycles. The summed E-state index contributed by atoms with van der Waals surface area (Å²) in [4.78, 5) is 0. The van der Waals surface area contributed by atoms with E-state index in [4.69, 9.17) is 0 Å². The summed E-state index contributed by atoms with van der Waals surface area (Å²) < 4.78 is 0. The van der Waals surface area contributed by atoms with Gasteiger partial charge in [-0.1, -0.05) is 51.0 Å². The average molecular weight is 433 g/mol. The van der Waals surface area contributed by atoms with E-state index in [2.05, 4.69) is 26.5 Å². The highest BCUT2D eigenvalue weighted by molar-refractivity contribution is 5.38. The summed E-state index contributed by atoms with van der Waals surface area (Å²) >= 11 is 0. The molecule has 3 rings (SSSR count). The Morgan fingerprint density at radius 3 is 2.52 bits per heavy atom. The van der Waals surface area contributed by atoms with Gasteiger partial charge in [0.15, 0.2) is 0 Å². The number of allylic oxidation sites excluding steroid dienone is 2. The zero-order valence-electron chi connectivity index (χ0n) is 20.0. The molecule has 0 amide bonds. The highest BCUT2D eigenvalue weighted by Gasteiger charge is 2.52. The van der Waals surface area contributed by atoms with Crippen molar-refractivity contribution < 1.29 is 20.4 Å². The lowest BCUT2D eigenvalue weighted by Gasteiger charge is -2.46. The van der Waals surface area contributed by atoms with Crippen LogP contribution in [-0.4, -0.2) is 44.3 Å². The molecule has 4 N–H and O–H groups in total. The van der Waals surface area contributed by atoms with Gasteiger partial charge >= 0.3 is 0 Å². The van der Waals surface area contributed by atoms with E-state index < -0.39 is 17.8 Å². The monoisotopic (exact) mass is 432 g/mol. The third-order valence-electron chi connectivity index (χ3n) is 8.40. The molecule has 3 fully saturated rings. The second-order valence-electron chi connectivity index (χ2n) is 11.6. The zero-order chi connectivity index (χ0) is 23.0. The maximum absolute atomic E-state index is 10.8. The van der Waals surface area contributed by atoms with Gasteiger partial charge in [-0.15, -0.1) is 0 Å². The molecule has 0 unspecified atom stereocenters. The van der Waals surface area contributed by atoms with Gasteiger partial charge in [0.2, 0.25) is 0 Å². The Bertz CT molecular complexity index is 715. The van der Waals surface area contributed by atoms with E-state index in [1.165, 1.54) is 12.0 Å². The predicted molar refractivity (Wildman–Crippen MR) is 125 cm³/mol. The quantitative estimate of drug-likeness (QED) is 0.491. The molecular weight excluding hydrogens is 388 g/mol. The lowest BCUT2D eigenvalue weighted by Crippen LogP contribution is -2.41. The molecule has 0 aromatic carbocycles. The molecule has 0 bridgehead atoms. The topological polar surface area (TPSA) is 80.9 Å². The molecule has 0 aliphatic heterocycles. The van der Waals surface area contributed by atoms with Crippen molar-refractivity contribution >= 4 is 0 Å². The van der Waals surface area contributed by atoms with E-state index in [1.54, 1.807) is 0 Å². The smallest absolute Gasteiger partial charge is 0.0811 e. The molecule has 0 spiro atoms. The third kappa shape index (κ3) is 5.71. The van der Waals surface area contributed by atoms with Crippen LogP contribution in [0, 0.1) is 23.2 Å². The first-order chi connectivity index (χ1) is 14.4. The van der Waals surface area contributed by atoms with E-state index >= 15 is 0 Å². The number of fused-ring (bicyclic) bond motifs is 1. The standard InChI is InChI=1S/C27H44O4/c1-17(7-6-12-26(3,4)31)23-10-11-24-20(14-22(29)16-27(23,24)5)9-8-19-13-21(28)15-25(30)18(19)2/h8-9,17,21-25,28-31H,2,6-7,10-16H2,1,3-5H3/b19-8-,20-9+/t17-,21-,22+,23-,24+,25+,27-/m1/s1. The minimum atomic E-state index is -0.670. The summed E-state index contributed by atoms with van der Waals surface area (Å²) in [6, 6.07) is 0. The van der Waals surface area contributed by atoms with Gasteiger partial charge in [-0.25, -0.2) is 0 Å². The van der Waals surface area contributed by atoms with E-state index in [0.717, 1.165) is 37.7 Å². The lowest BCUT2D eigenvalue weighted by atomic mass is 9.60. The molecule has 4 heteroatoms. The first kappa shape index (κ1) is 24.7. The molecule has 3 aliphatic rings. The minimum Gasteiger partial charge on any atom is -0.393 e. The molecule has 0 heterocycles. The van der Waals surface area contributed by atoms with Crippen LogP contribution >= 0.6 is 0 Å². The fourth-order valence-corrected chi connectivity index (χ4v) is 6.80. The third-order valence-corrected chi connectivity index (χ3v) is 8.40. The van der Waals surface area contributed by atoms with E-state index in [1.807, 2.05) is 19.9 Å². The summed E-state index contributed by atoms with van der Waals surface area (Å²) in [6.07, 6.45) is 10.5. The Labute approximate surface area is 188 Å². The van der Waals surface area contributed by atoms with Crippen molar-refractivity contribution in [2.45, 2.75) is 109 Å². The molecule has 3 saturated carbocycles. The summed E-state index contributed by atoms with van der Waals surface area (Å²) in [5.74, 6) is 1.63. The Balaban J connectivity index is 1.75. The summed E-state index contributed by atoms with van der Waals surface area (Å²) in [6.45, 7) is 12.5. The Kier molecular flexibility index (Phi) is 7.57. The van der Waals surface area contributed by atoms with Crippen LogP contribution in [0.3, 0.4) is 0 Å². The van der Waals surface area contributed by atoms with Crippen LogP contribution < -0.4 is 0 Å². The zero-order valence-corrected chi connectivity index (χ0v) is 20.0. The Morgan fingerprint density at radius 2 is 1.84 bits per heavy atom. The molecule has 7 atom stereocenters. The van der Waals surface area contributed by atoms with Crippen molar-refractivity contribution in [1.29, 1.82) is 0 Å². The largest absolute Gasteiger partial charge is 0.393 e. The van der Waals surface area contributed by atoms with Gasteiger partial charge in [-0.05, 0) is 86.7 Å². The van der Waals surface area contributed by atoms with Crippen LogP contribution in [0.1, 0.15) is 85.5 Å². The van der Waals surface area contributed by atoms with Crippen molar-refractivity contribution in [3.63, 3.8) is 0 Å². The molecule has 176 valence electrons. The molecule has 3 aliphatic carbocycles. The predicted octanol–water partition coefficient (Wildman–Crippen LogP) is 4.68. The van der Waals surface area contributed by atoms with Crippen LogP contribution in [0.2, 0.25) is 0 Å². The number of rotatable bonds is 6. The maximum atomic E-state index is 10.8. The Morgan fingerprint density at radius 1 is 1.13 bits per heavy atom. The first-order valence-electron chi connectivity index (χ1n) is 12.3. The second kappa shape index (κ2) is 9.51. The van der Waals surface area contributed by atoms with Gasteiger partial charge in [-0.3, -0.25) is 0 Å². The molecule has 4 nitrogen and oxygen atoms in total. The van der Waals surface area contributed by atoms with Crippen molar-refractivity contribution in [1.82, 2.24) is 0 Å². The summed E-state index contributed by atoms with van der Waals surface area (Å²) in [7, 11) is 0. The van der Waals surface area contributed by atoms with Crippen molar-refractivity contribution in [2.24, 2.45) is 23.2 Å². The average Bonchev–Trinajstić information content (AvgIpc) is 2.98. The normalized spacial score (nSPS) is 40.4. The molecule has 31 heavy (non-hydrogen) atoms. The van der Waals surface area contributed by atoms with Gasteiger partial charge in [0.25, 0.3) is 0 Å². The SMILES string of the molecule is C=C1/C(=C\C=C2/C[C@H](O)C[C@]3(C)[C@@H]([C@H](C)CCCC(C)(C)O)CC[C@@H]23)C[C@@H](O)C[C@@H]1O. The van der Waals surface area contributed by atoms with Gasteiger partial charge in [0.05, 0.1) is 23.9 Å². The number of aliphatic hydroxyl groups is 4. The fourth-order valence-electron chi connectivity index (χ4n) is 6.80. The molecule has 0 aromatic rings. The van der Waals surface area contributed by atoms with Crippen molar-refractivity contribution in [2.75, 3.05) is 0 Å². The second-order valence-corrected chi connectivity index (χ2v) is 11.6. The van der Waals surface area contributed by atoms with Crippen LogP contribution in [-0.2, 0) is 0 Å². The summed E-state index contributed by atoms with van der Waals surface area (Å²) in [5, 5.41) is 41.0. The van der Waals surface area contributed by atoms with Crippen LogP contribution in [0.4, 0.5) is 0 Å². The minimum absolute atomic E-state index is 0.0960. The van der Waals surface area contributed by atoms with Gasteiger partial charge in [0.1, 0.15) is 0 Å². The van der Waals surface area contributed by atoms with Gasteiger partial charge in [-0.2, -0.15) is 0 Å². The fraction of sp³-hybridized carbons (Fsp3) is 0.778. The van der Waals surface area contributed by atoms with Crippen LogP contribution in [0.15, 0.2) is 35.5 Å². The molecular formula is C27H44O4. The molecule has 0 aromatic heterocycles. The Hall–Kier alpha value is -0.940. The van der Waals surface area contributed by atoms with Crippen molar-refractivity contribution in [3.8, 4) is 0 Å². The summed E-state index contributed by atoms with van der Waals surface area (Å²) in [5.41, 5.74) is 2.44. The van der Waals surface area contributed by atoms with Crippen LogP contribution in [0.5, 0.6) is 0 Å². The van der Waals surface area contributed by atoms with E-state index in [0.29, 0.717) is 42.6 Å². The van der Waals surface area contributed by atoms with E-state index in [-0.39, 0.29) is 11.5 Å². The number of hydrogen-bond donors (Lipinski definition) is 4. The molecule has 0 radical (unpaired) electrons. The highest BCUT2D eigenvalue weighted by atomic mass is 16.3. The lowest BCUT2D eigenvalue weighted by molar-refractivity contribution is 0.0146. The highest BCUT2D eigenvalue weighted by Crippen LogP contribution is 2.60. The van der Waals surface area contributed by atoms with Crippen LogP contribution in [0.25, 0.3) is 0 Å². The number of hydrogen-bond acceptors (Lipinski definition) is 4. The first-order valence-corrected chi connectivity index (χ1v) is 12.3. The van der Waals surface area contributed by atoms with Gasteiger partial charge < -0.3 is 20.4 Å².